The third-order valence-corrected chi connectivity index (χ3v) is 1.11. The highest BCUT2D eigenvalue weighted by Crippen LogP contribution is 1.98. The van der Waals surface area contributed by atoms with Gasteiger partial charge in [-0.15, -0.1) is 0 Å². The van der Waals surface area contributed by atoms with E-state index in [9.17, 15) is 0 Å². The third kappa shape index (κ3) is 1.69. The number of nitrogens with zero attached hydrogens (tertiary/aromatic N) is 2. The fourth-order valence-corrected chi connectivity index (χ4v) is 0.730. The van der Waals surface area contributed by atoms with Crippen LogP contribution in [-0.2, 0) is 0 Å². The minimum Gasteiger partial charge on any atom is -0.369 e. The number of hydrogen-bond donors (Lipinski definition) is 1. The molecule has 0 unspecified atom stereocenters. The van der Waals surface area contributed by atoms with Gasteiger partial charge in [0.1, 0.15) is 5.82 Å². The van der Waals surface area contributed by atoms with Crippen molar-refractivity contribution in [2.24, 2.45) is 0 Å². The Hall–Kier alpha value is -1.12. The normalized spacial score (nSPS) is 9.40. The maximum absolute atomic E-state index is 4.19. The summed E-state index contributed by atoms with van der Waals surface area (Å²) < 4.78 is 0. The van der Waals surface area contributed by atoms with E-state index in [1.165, 1.54) is 0 Å². The van der Waals surface area contributed by atoms with E-state index in [-0.39, 0.29) is 0 Å². The highest BCUT2D eigenvalue weighted by atomic mass is 15.0. The van der Waals surface area contributed by atoms with E-state index >= 15 is 0 Å². The lowest BCUT2D eigenvalue weighted by Crippen LogP contribution is -2.00. The van der Waals surface area contributed by atoms with E-state index in [2.05, 4.69) is 15.3 Å². The van der Waals surface area contributed by atoms with Crippen LogP contribution in [0.3, 0.4) is 0 Å². The van der Waals surface area contributed by atoms with Gasteiger partial charge in [0, 0.05) is 12.7 Å². The molecular formula is C7H11N3. The zero-order valence-electron chi connectivity index (χ0n) is 6.26. The summed E-state index contributed by atoms with van der Waals surface area (Å²) in [4.78, 5) is 8.17. The molecule has 1 rings (SSSR count). The van der Waals surface area contributed by atoms with Gasteiger partial charge in [0.25, 0.3) is 0 Å². The van der Waals surface area contributed by atoms with Crippen molar-refractivity contribution in [3.05, 3.63) is 18.1 Å². The molecule has 0 aromatic carbocycles. The lowest BCUT2D eigenvalue weighted by atomic mass is 10.5. The summed E-state index contributed by atoms with van der Waals surface area (Å²) in [7, 11) is 0. The first kappa shape index (κ1) is 6.99. The second kappa shape index (κ2) is 3.15. The summed E-state index contributed by atoms with van der Waals surface area (Å²) in [5.41, 5.74) is 0.943. The Kier molecular flexibility index (Phi) is 2.20. The summed E-state index contributed by atoms with van der Waals surface area (Å²) in [5.74, 6) is 0.850. The molecule has 0 fully saturated rings. The van der Waals surface area contributed by atoms with Crippen LogP contribution in [0.1, 0.15) is 12.6 Å². The van der Waals surface area contributed by atoms with Crippen LogP contribution in [0.15, 0.2) is 12.4 Å². The minimum atomic E-state index is 0.850. The first-order valence-electron chi connectivity index (χ1n) is 3.35. The largest absolute Gasteiger partial charge is 0.369 e. The summed E-state index contributed by atoms with van der Waals surface area (Å²) in [6, 6.07) is 0. The lowest BCUT2D eigenvalue weighted by Gasteiger charge is -2.00. The summed E-state index contributed by atoms with van der Waals surface area (Å²) in [6.07, 6.45) is 3.46. The molecule has 10 heavy (non-hydrogen) atoms. The Bertz CT molecular complexity index is 210. The smallest absolute Gasteiger partial charge is 0.144 e. The molecule has 0 spiro atoms. The van der Waals surface area contributed by atoms with Gasteiger partial charge in [-0.2, -0.15) is 0 Å². The molecule has 0 amide bonds. The van der Waals surface area contributed by atoms with Crippen molar-refractivity contribution in [1.29, 1.82) is 0 Å². The van der Waals surface area contributed by atoms with Crippen LogP contribution in [0.5, 0.6) is 0 Å². The second-order valence-electron chi connectivity index (χ2n) is 2.08. The summed E-state index contributed by atoms with van der Waals surface area (Å²) in [5, 5.41) is 3.07. The number of anilines is 1. The fraction of sp³-hybridized carbons (Fsp3) is 0.429. The molecule has 1 N–H and O–H groups in total. The van der Waals surface area contributed by atoms with Crippen LogP contribution in [0.25, 0.3) is 0 Å². The van der Waals surface area contributed by atoms with Gasteiger partial charge in [-0.05, 0) is 13.8 Å². The molecule has 54 valence electrons. The standard InChI is InChI=1S/C7H11N3/c1-3-9-7-5-8-4-6(2)10-7/h4-5H,3H2,1-2H3,(H,9,10). The van der Waals surface area contributed by atoms with Gasteiger partial charge in [-0.25, -0.2) is 4.98 Å². The van der Waals surface area contributed by atoms with Crippen LogP contribution in [0.4, 0.5) is 5.82 Å². The zero-order chi connectivity index (χ0) is 7.40. The Labute approximate surface area is 60.5 Å². The van der Waals surface area contributed by atoms with Crippen molar-refractivity contribution < 1.29 is 0 Å². The molecule has 1 aromatic heterocycles. The SMILES string of the molecule is CCNc1cncc(C)n1. The number of nitrogens with one attached hydrogen (secondary N) is 1. The van der Waals surface area contributed by atoms with Crippen molar-refractivity contribution >= 4 is 5.82 Å². The first-order valence-corrected chi connectivity index (χ1v) is 3.35. The lowest BCUT2D eigenvalue weighted by molar-refractivity contribution is 1.08. The van der Waals surface area contributed by atoms with Crippen LogP contribution in [0.2, 0.25) is 0 Å². The average Bonchev–Trinajstić information content (AvgIpc) is 1.88. The molecule has 0 radical (unpaired) electrons. The molecule has 1 heterocycles. The number of aryl methyl sites for hydroxylation is 1. The zero-order valence-corrected chi connectivity index (χ0v) is 6.26. The summed E-state index contributed by atoms with van der Waals surface area (Å²) >= 11 is 0. The maximum atomic E-state index is 4.19. The molecule has 0 bridgehead atoms. The summed E-state index contributed by atoms with van der Waals surface area (Å²) in [6.45, 7) is 4.84. The Balaban J connectivity index is 2.75. The molecule has 0 atom stereocenters. The van der Waals surface area contributed by atoms with Crippen molar-refractivity contribution in [3.63, 3.8) is 0 Å². The average molecular weight is 137 g/mol. The number of aromatic nitrogens is 2. The molecule has 0 aliphatic heterocycles. The van der Waals surface area contributed by atoms with Gasteiger partial charge in [0.15, 0.2) is 0 Å². The quantitative estimate of drug-likeness (QED) is 0.666. The molecule has 1 aromatic rings. The van der Waals surface area contributed by atoms with Crippen LogP contribution >= 0.6 is 0 Å². The Morgan fingerprint density at radius 1 is 1.50 bits per heavy atom. The van der Waals surface area contributed by atoms with Crippen molar-refractivity contribution in [1.82, 2.24) is 9.97 Å². The van der Waals surface area contributed by atoms with Crippen LogP contribution in [-0.4, -0.2) is 16.5 Å². The van der Waals surface area contributed by atoms with E-state index in [1.807, 2.05) is 13.8 Å². The van der Waals surface area contributed by atoms with E-state index in [0.29, 0.717) is 0 Å². The van der Waals surface area contributed by atoms with Gasteiger partial charge in [0.05, 0.1) is 11.9 Å². The molecule has 0 aliphatic carbocycles. The van der Waals surface area contributed by atoms with Crippen LogP contribution in [0, 0.1) is 6.92 Å². The Morgan fingerprint density at radius 3 is 2.90 bits per heavy atom. The molecule has 0 aliphatic rings. The molecule has 3 nitrogen and oxygen atoms in total. The van der Waals surface area contributed by atoms with Gasteiger partial charge in [0.2, 0.25) is 0 Å². The topological polar surface area (TPSA) is 37.8 Å². The number of hydrogen-bond acceptors (Lipinski definition) is 3. The maximum Gasteiger partial charge on any atom is 0.144 e. The highest BCUT2D eigenvalue weighted by Gasteiger charge is 1.89. The molecule has 0 saturated carbocycles. The number of rotatable bonds is 2. The van der Waals surface area contributed by atoms with Crippen molar-refractivity contribution in [2.75, 3.05) is 11.9 Å². The van der Waals surface area contributed by atoms with Crippen LogP contribution < -0.4 is 5.32 Å². The molecule has 0 saturated heterocycles. The van der Waals surface area contributed by atoms with Crippen molar-refractivity contribution in [3.8, 4) is 0 Å². The second-order valence-corrected chi connectivity index (χ2v) is 2.08. The van der Waals surface area contributed by atoms with Gasteiger partial charge in [-0.1, -0.05) is 0 Å². The highest BCUT2D eigenvalue weighted by molar-refractivity contribution is 5.30. The molecule has 3 heteroatoms. The monoisotopic (exact) mass is 137 g/mol. The minimum absolute atomic E-state index is 0.850. The van der Waals surface area contributed by atoms with Crippen molar-refractivity contribution in [2.45, 2.75) is 13.8 Å². The van der Waals surface area contributed by atoms with Gasteiger partial charge < -0.3 is 5.32 Å². The van der Waals surface area contributed by atoms with Gasteiger partial charge >= 0.3 is 0 Å². The van der Waals surface area contributed by atoms with E-state index in [0.717, 1.165) is 18.1 Å². The predicted molar refractivity (Wildman–Crippen MR) is 40.9 cm³/mol. The predicted octanol–water partition coefficient (Wildman–Crippen LogP) is 1.22. The van der Waals surface area contributed by atoms with E-state index in [4.69, 9.17) is 0 Å². The van der Waals surface area contributed by atoms with E-state index < -0.39 is 0 Å². The van der Waals surface area contributed by atoms with Gasteiger partial charge in [-0.3, -0.25) is 4.98 Å². The Morgan fingerprint density at radius 2 is 2.30 bits per heavy atom. The fourth-order valence-electron chi connectivity index (χ4n) is 0.730. The van der Waals surface area contributed by atoms with E-state index in [1.54, 1.807) is 12.4 Å². The third-order valence-electron chi connectivity index (χ3n) is 1.11. The first-order chi connectivity index (χ1) is 4.83. The molecular weight excluding hydrogens is 126 g/mol.